The van der Waals surface area contributed by atoms with Crippen molar-refractivity contribution >= 4 is 44.8 Å². The number of halogens is 2. The summed E-state index contributed by atoms with van der Waals surface area (Å²) in [6.45, 7) is 6.75. The molecule has 0 N–H and O–H groups in total. The number of nitrogens with zero attached hydrogens (tertiary/aromatic N) is 1. The Morgan fingerprint density at radius 3 is 2.76 bits per heavy atom. The van der Waals surface area contributed by atoms with E-state index >= 15 is 0 Å². The van der Waals surface area contributed by atoms with Crippen molar-refractivity contribution in [3.63, 3.8) is 0 Å². The number of hydrogen-bond donors (Lipinski definition) is 0. The number of amides is 1. The van der Waals surface area contributed by atoms with Crippen LogP contribution in [0.25, 0.3) is 0 Å². The quantitative estimate of drug-likeness (QED) is 0.640. The second kappa shape index (κ2) is 7.25. The third kappa shape index (κ3) is 4.19. The molecule has 0 aliphatic carbocycles. The van der Waals surface area contributed by atoms with E-state index in [1.165, 1.54) is 11.3 Å². The number of carbonyl (C=O) groups is 1. The standard InChI is InChI=1S/C16H15BrClNOS/c1-3-8-19(10-12-5-7-15(18)21-12)16(20)13-6-4-11(2)9-14(13)17/h3-7,9H,1,8,10H2,2H3. The van der Waals surface area contributed by atoms with E-state index < -0.39 is 0 Å². The van der Waals surface area contributed by atoms with Gasteiger partial charge in [0, 0.05) is 15.9 Å². The fraction of sp³-hybridized carbons (Fsp3) is 0.188. The summed E-state index contributed by atoms with van der Waals surface area (Å²) in [5.74, 6) is -0.0219. The molecule has 0 atom stereocenters. The van der Waals surface area contributed by atoms with E-state index in [1.54, 1.807) is 11.0 Å². The van der Waals surface area contributed by atoms with Gasteiger partial charge in [-0.15, -0.1) is 17.9 Å². The molecule has 0 fully saturated rings. The highest BCUT2D eigenvalue weighted by Gasteiger charge is 2.18. The van der Waals surface area contributed by atoms with E-state index in [0.717, 1.165) is 19.2 Å². The second-order valence-corrected chi connectivity index (χ2v) is 7.32. The van der Waals surface area contributed by atoms with Gasteiger partial charge in [-0.25, -0.2) is 0 Å². The maximum Gasteiger partial charge on any atom is 0.255 e. The number of thiophene rings is 1. The van der Waals surface area contributed by atoms with Crippen LogP contribution in [0.15, 0.2) is 47.5 Å². The molecule has 1 heterocycles. The predicted molar refractivity (Wildman–Crippen MR) is 93.1 cm³/mol. The molecule has 0 aliphatic rings. The van der Waals surface area contributed by atoms with Crippen molar-refractivity contribution in [2.75, 3.05) is 6.54 Å². The minimum atomic E-state index is -0.0219. The van der Waals surface area contributed by atoms with Gasteiger partial charge in [-0.1, -0.05) is 23.7 Å². The van der Waals surface area contributed by atoms with Crippen molar-refractivity contribution in [2.45, 2.75) is 13.5 Å². The molecule has 0 aliphatic heterocycles. The Labute approximate surface area is 142 Å². The number of carbonyl (C=O) groups excluding carboxylic acids is 1. The summed E-state index contributed by atoms with van der Waals surface area (Å²) in [5.41, 5.74) is 1.77. The lowest BCUT2D eigenvalue weighted by molar-refractivity contribution is 0.0763. The predicted octanol–water partition coefficient (Wildman–Crippen LogP) is 5.30. The Morgan fingerprint density at radius 2 is 2.19 bits per heavy atom. The monoisotopic (exact) mass is 383 g/mol. The van der Waals surface area contributed by atoms with Gasteiger partial charge in [0.25, 0.3) is 5.91 Å². The lowest BCUT2D eigenvalue weighted by Gasteiger charge is -2.21. The van der Waals surface area contributed by atoms with Gasteiger partial charge in [0.1, 0.15) is 0 Å². The van der Waals surface area contributed by atoms with Crippen LogP contribution in [-0.2, 0) is 6.54 Å². The average Bonchev–Trinajstić information content (AvgIpc) is 2.83. The second-order valence-electron chi connectivity index (χ2n) is 4.66. The van der Waals surface area contributed by atoms with Crippen LogP contribution in [0, 0.1) is 6.92 Å². The number of rotatable bonds is 5. The first-order valence-electron chi connectivity index (χ1n) is 6.42. The van der Waals surface area contributed by atoms with Crippen LogP contribution >= 0.6 is 38.9 Å². The third-order valence-electron chi connectivity index (χ3n) is 2.97. The Balaban J connectivity index is 2.24. The molecule has 0 saturated heterocycles. The molecule has 0 radical (unpaired) electrons. The first kappa shape index (κ1) is 16.3. The Bertz CT molecular complexity index is 668. The first-order chi connectivity index (χ1) is 10.0. The Kier molecular flexibility index (Phi) is 5.62. The fourth-order valence-corrected chi connectivity index (χ4v) is 3.73. The Hall–Kier alpha value is -1.10. The molecular formula is C16H15BrClNOS. The fourth-order valence-electron chi connectivity index (χ4n) is 1.96. The van der Waals surface area contributed by atoms with Gasteiger partial charge < -0.3 is 4.90 Å². The van der Waals surface area contributed by atoms with E-state index in [4.69, 9.17) is 11.6 Å². The molecule has 0 spiro atoms. The van der Waals surface area contributed by atoms with E-state index in [0.29, 0.717) is 18.7 Å². The van der Waals surface area contributed by atoms with Gasteiger partial charge in [-0.3, -0.25) is 4.79 Å². The third-order valence-corrected chi connectivity index (χ3v) is 4.84. The molecule has 0 bridgehead atoms. The zero-order valence-electron chi connectivity index (χ0n) is 11.6. The summed E-state index contributed by atoms with van der Waals surface area (Å²) in [4.78, 5) is 15.5. The Morgan fingerprint density at radius 1 is 1.43 bits per heavy atom. The van der Waals surface area contributed by atoms with Gasteiger partial charge in [-0.2, -0.15) is 0 Å². The molecule has 0 saturated carbocycles. The largest absolute Gasteiger partial charge is 0.330 e. The maximum absolute atomic E-state index is 12.7. The molecule has 5 heteroatoms. The zero-order chi connectivity index (χ0) is 15.4. The van der Waals surface area contributed by atoms with Crippen LogP contribution in [-0.4, -0.2) is 17.4 Å². The van der Waals surface area contributed by atoms with Crippen molar-refractivity contribution in [3.05, 3.63) is 67.8 Å². The summed E-state index contributed by atoms with van der Waals surface area (Å²) >= 11 is 10.9. The lowest BCUT2D eigenvalue weighted by atomic mass is 10.1. The van der Waals surface area contributed by atoms with Crippen LogP contribution < -0.4 is 0 Å². The van der Waals surface area contributed by atoms with Gasteiger partial charge in [0.05, 0.1) is 16.4 Å². The minimum Gasteiger partial charge on any atom is -0.330 e. The molecule has 1 aromatic carbocycles. The summed E-state index contributed by atoms with van der Waals surface area (Å²) in [7, 11) is 0. The van der Waals surface area contributed by atoms with Crippen LogP contribution in [0.1, 0.15) is 20.8 Å². The first-order valence-corrected chi connectivity index (χ1v) is 8.40. The molecular weight excluding hydrogens is 370 g/mol. The van der Waals surface area contributed by atoms with E-state index in [2.05, 4.69) is 22.5 Å². The molecule has 0 unspecified atom stereocenters. The van der Waals surface area contributed by atoms with Gasteiger partial charge in [0.15, 0.2) is 0 Å². The van der Waals surface area contributed by atoms with Crippen molar-refractivity contribution in [1.29, 1.82) is 0 Å². The van der Waals surface area contributed by atoms with E-state index in [9.17, 15) is 4.79 Å². The smallest absolute Gasteiger partial charge is 0.255 e. The molecule has 2 aromatic rings. The number of aryl methyl sites for hydroxylation is 1. The van der Waals surface area contributed by atoms with Crippen LogP contribution in [0.5, 0.6) is 0 Å². The summed E-state index contributed by atoms with van der Waals surface area (Å²) in [6, 6.07) is 9.52. The summed E-state index contributed by atoms with van der Waals surface area (Å²) in [6.07, 6.45) is 1.73. The lowest BCUT2D eigenvalue weighted by Crippen LogP contribution is -2.30. The molecule has 2 nitrogen and oxygen atoms in total. The average molecular weight is 385 g/mol. The number of hydrogen-bond acceptors (Lipinski definition) is 2. The van der Waals surface area contributed by atoms with Crippen molar-refractivity contribution in [2.24, 2.45) is 0 Å². The number of benzene rings is 1. The SMILES string of the molecule is C=CCN(Cc1ccc(Cl)s1)C(=O)c1ccc(C)cc1Br. The van der Waals surface area contributed by atoms with Gasteiger partial charge in [0.2, 0.25) is 0 Å². The minimum absolute atomic E-state index is 0.0219. The van der Waals surface area contributed by atoms with Crippen LogP contribution in [0.4, 0.5) is 0 Å². The zero-order valence-corrected chi connectivity index (χ0v) is 14.8. The molecule has 110 valence electrons. The van der Waals surface area contributed by atoms with E-state index in [-0.39, 0.29) is 5.91 Å². The van der Waals surface area contributed by atoms with Gasteiger partial charge in [-0.05, 0) is 52.7 Å². The summed E-state index contributed by atoms with van der Waals surface area (Å²) in [5, 5.41) is 0. The molecule has 2 rings (SSSR count). The van der Waals surface area contributed by atoms with Crippen molar-refractivity contribution in [3.8, 4) is 0 Å². The van der Waals surface area contributed by atoms with Crippen molar-refractivity contribution < 1.29 is 4.79 Å². The highest BCUT2D eigenvalue weighted by molar-refractivity contribution is 9.10. The molecule has 1 aromatic heterocycles. The topological polar surface area (TPSA) is 20.3 Å². The maximum atomic E-state index is 12.7. The van der Waals surface area contributed by atoms with Crippen molar-refractivity contribution in [1.82, 2.24) is 4.90 Å². The highest BCUT2D eigenvalue weighted by Crippen LogP contribution is 2.25. The van der Waals surface area contributed by atoms with Gasteiger partial charge >= 0.3 is 0 Å². The van der Waals surface area contributed by atoms with E-state index in [1.807, 2.05) is 37.3 Å². The van der Waals surface area contributed by atoms with Crippen LogP contribution in [0.3, 0.4) is 0 Å². The molecule has 1 amide bonds. The summed E-state index contributed by atoms with van der Waals surface area (Å²) < 4.78 is 1.54. The normalized spacial score (nSPS) is 10.4. The van der Waals surface area contributed by atoms with Crippen LogP contribution in [0.2, 0.25) is 4.34 Å². The molecule has 21 heavy (non-hydrogen) atoms. The highest BCUT2D eigenvalue weighted by atomic mass is 79.9.